The van der Waals surface area contributed by atoms with Crippen molar-refractivity contribution < 1.29 is 72.0 Å². The van der Waals surface area contributed by atoms with E-state index in [1.54, 1.807) is 18.2 Å². The number of para-hydroxylation sites is 1. The molecule has 23 nitrogen and oxygen atoms in total. The average Bonchev–Trinajstić information content (AvgIpc) is 3.63. The van der Waals surface area contributed by atoms with Gasteiger partial charge in [0.2, 0.25) is 29.5 Å². The number of fused-ring (bicyclic) bond motifs is 1. The average molecular weight is 951 g/mol. The Kier molecular flexibility index (Phi) is 19.2. The van der Waals surface area contributed by atoms with Gasteiger partial charge < -0.3 is 52.1 Å². The van der Waals surface area contributed by atoms with Gasteiger partial charge in [-0.3, -0.25) is 53.1 Å². The van der Waals surface area contributed by atoms with E-state index in [4.69, 9.17) is 0 Å². The third-order valence-electron chi connectivity index (χ3n) is 10.3. The SMILES string of the molecule is N#C[C@@H]1CC(F)(F)CN1C(=O)CNC(=O)c1ccnc2c(NC(=O)CCC(=O)N[C@@H](CCC(=O)O)C(=O)N[C@@H](CCC(=O)O)C(=O)N[C@@H](CCCCNC(=O)c3cccnc3)C(=O)O)cccc12. The number of amides is 7. The van der Waals surface area contributed by atoms with E-state index in [1.165, 1.54) is 42.9 Å². The number of nitrogens with zero attached hydrogens (tertiary/aromatic N) is 4. The van der Waals surface area contributed by atoms with Gasteiger partial charge in [-0.1, -0.05) is 12.1 Å². The van der Waals surface area contributed by atoms with E-state index < -0.39 is 147 Å². The molecule has 3 aromatic rings. The van der Waals surface area contributed by atoms with Crippen molar-refractivity contribution in [3.05, 3.63) is 66.1 Å². The van der Waals surface area contributed by atoms with Crippen molar-refractivity contribution in [2.45, 2.75) is 94.3 Å². The second-order valence-corrected chi connectivity index (χ2v) is 15.5. The summed E-state index contributed by atoms with van der Waals surface area (Å²) in [5.41, 5.74) is 0.511. The van der Waals surface area contributed by atoms with Crippen molar-refractivity contribution in [2.75, 3.05) is 25.0 Å². The molecule has 68 heavy (non-hydrogen) atoms. The lowest BCUT2D eigenvalue weighted by Gasteiger charge is -2.24. The van der Waals surface area contributed by atoms with Crippen LogP contribution in [0.2, 0.25) is 0 Å². The summed E-state index contributed by atoms with van der Waals surface area (Å²) in [6.07, 6.45) is 0.245. The summed E-state index contributed by atoms with van der Waals surface area (Å²) >= 11 is 0. The van der Waals surface area contributed by atoms with Gasteiger partial charge in [0.25, 0.3) is 17.7 Å². The number of unbranched alkanes of at least 4 members (excludes halogenated alkanes) is 1. The smallest absolute Gasteiger partial charge is 0.326 e. The van der Waals surface area contributed by atoms with Gasteiger partial charge in [0, 0.05) is 62.6 Å². The summed E-state index contributed by atoms with van der Waals surface area (Å²) < 4.78 is 27.7. The fourth-order valence-electron chi connectivity index (χ4n) is 6.88. The Morgan fingerprint density at radius 1 is 0.765 bits per heavy atom. The normalized spacial score (nSPS) is 15.1. The molecular weight excluding hydrogens is 903 g/mol. The van der Waals surface area contributed by atoms with Crippen molar-refractivity contribution in [3.63, 3.8) is 0 Å². The Morgan fingerprint density at radius 3 is 2.06 bits per heavy atom. The number of hydrogen-bond acceptors (Lipinski definition) is 13. The molecule has 7 amide bonds. The fourth-order valence-corrected chi connectivity index (χ4v) is 6.88. The van der Waals surface area contributed by atoms with Gasteiger partial charge in [-0.15, -0.1) is 0 Å². The van der Waals surface area contributed by atoms with Crippen LogP contribution in [0, 0.1) is 11.3 Å². The predicted octanol–water partition coefficient (Wildman–Crippen LogP) is 0.707. The van der Waals surface area contributed by atoms with Crippen LogP contribution in [0.3, 0.4) is 0 Å². The van der Waals surface area contributed by atoms with Crippen LogP contribution in [-0.4, -0.2) is 139 Å². The van der Waals surface area contributed by atoms with Gasteiger partial charge in [-0.25, -0.2) is 13.6 Å². The van der Waals surface area contributed by atoms with Gasteiger partial charge in [0.1, 0.15) is 24.2 Å². The monoisotopic (exact) mass is 950 g/mol. The Labute approximate surface area is 385 Å². The van der Waals surface area contributed by atoms with E-state index in [9.17, 15) is 77.3 Å². The number of hydrogen-bond donors (Lipinski definition) is 9. The lowest BCUT2D eigenvalue weighted by Crippen LogP contribution is -2.56. The van der Waals surface area contributed by atoms with E-state index in [0.29, 0.717) is 16.9 Å². The van der Waals surface area contributed by atoms with Crippen LogP contribution in [0.25, 0.3) is 10.9 Å². The molecule has 1 saturated heterocycles. The number of carbonyl (C=O) groups excluding carboxylic acids is 7. The molecule has 0 unspecified atom stereocenters. The first-order chi connectivity index (χ1) is 32.3. The lowest BCUT2D eigenvalue weighted by molar-refractivity contribution is -0.143. The van der Waals surface area contributed by atoms with Gasteiger partial charge in [-0.05, 0) is 56.4 Å². The molecule has 3 heterocycles. The van der Waals surface area contributed by atoms with Gasteiger partial charge in [0.05, 0.1) is 41.5 Å². The molecule has 1 fully saturated rings. The molecule has 25 heteroatoms. The van der Waals surface area contributed by atoms with Gasteiger partial charge >= 0.3 is 17.9 Å². The number of anilines is 1. The van der Waals surface area contributed by atoms with E-state index in [0.717, 1.165) is 0 Å². The number of nitriles is 1. The number of carboxylic acids is 3. The Morgan fingerprint density at radius 2 is 1.43 bits per heavy atom. The zero-order chi connectivity index (χ0) is 50.0. The molecule has 0 bridgehead atoms. The zero-order valence-electron chi connectivity index (χ0n) is 36.2. The molecule has 362 valence electrons. The number of benzene rings is 1. The summed E-state index contributed by atoms with van der Waals surface area (Å²) in [6.45, 7) is -1.50. The Bertz CT molecular complexity index is 2440. The Hall–Kier alpha value is -8.17. The van der Waals surface area contributed by atoms with Gasteiger partial charge in [-0.2, -0.15) is 5.26 Å². The Balaban J connectivity index is 1.34. The third-order valence-corrected chi connectivity index (χ3v) is 10.3. The van der Waals surface area contributed by atoms with Crippen LogP contribution in [0.1, 0.15) is 84.9 Å². The summed E-state index contributed by atoms with van der Waals surface area (Å²) in [5.74, 6) is -13.4. The van der Waals surface area contributed by atoms with Crippen LogP contribution in [0.5, 0.6) is 0 Å². The van der Waals surface area contributed by atoms with Crippen molar-refractivity contribution >= 4 is 75.8 Å². The summed E-state index contributed by atoms with van der Waals surface area (Å²) in [4.78, 5) is 134. The van der Waals surface area contributed by atoms with E-state index in [2.05, 4.69) is 41.9 Å². The number of alkyl halides is 2. The highest BCUT2D eigenvalue weighted by molar-refractivity contribution is 6.11. The molecule has 1 aromatic carbocycles. The molecule has 9 N–H and O–H groups in total. The number of rotatable bonds is 25. The number of nitrogens with one attached hydrogen (secondary N) is 6. The van der Waals surface area contributed by atoms with E-state index in [-0.39, 0.29) is 41.5 Å². The van der Waals surface area contributed by atoms with Crippen LogP contribution in [0.15, 0.2) is 55.0 Å². The molecule has 1 aliphatic heterocycles. The number of aromatic nitrogens is 2. The molecule has 4 rings (SSSR count). The molecule has 0 saturated carbocycles. The zero-order valence-corrected chi connectivity index (χ0v) is 36.2. The number of likely N-dealkylation sites (tertiary alicyclic amines) is 1. The van der Waals surface area contributed by atoms with Crippen molar-refractivity contribution in [3.8, 4) is 6.07 Å². The van der Waals surface area contributed by atoms with Crippen molar-refractivity contribution in [1.29, 1.82) is 5.26 Å². The molecule has 2 aromatic heterocycles. The number of halogens is 2. The molecule has 0 aliphatic carbocycles. The summed E-state index contributed by atoms with van der Waals surface area (Å²) in [6, 6.07) is 4.34. The molecule has 0 radical (unpaired) electrons. The maximum Gasteiger partial charge on any atom is 0.326 e. The molecule has 4 atom stereocenters. The minimum atomic E-state index is -3.25. The molecule has 1 aliphatic rings. The van der Waals surface area contributed by atoms with Gasteiger partial charge in [0.15, 0.2) is 0 Å². The first kappa shape index (κ1) is 52.5. The highest BCUT2D eigenvalue weighted by atomic mass is 19.3. The number of carboxylic acid groups (broad SMARTS) is 3. The van der Waals surface area contributed by atoms with Crippen LogP contribution >= 0.6 is 0 Å². The summed E-state index contributed by atoms with van der Waals surface area (Å²) in [5, 5.41) is 52.2. The quantitative estimate of drug-likeness (QED) is 0.0528. The number of aliphatic carboxylic acids is 3. The predicted molar refractivity (Wildman–Crippen MR) is 230 cm³/mol. The molecular formula is C43H48F2N10O13. The fraction of sp³-hybridized carbons (Fsp3) is 0.419. The first-order valence-electron chi connectivity index (χ1n) is 21.1. The van der Waals surface area contributed by atoms with Crippen molar-refractivity contribution in [2.24, 2.45) is 0 Å². The highest BCUT2D eigenvalue weighted by Gasteiger charge is 2.47. The maximum absolute atomic E-state index is 13.8. The topological polar surface area (TPSA) is 356 Å². The second kappa shape index (κ2) is 24.9. The lowest BCUT2D eigenvalue weighted by atomic mass is 10.1. The second-order valence-electron chi connectivity index (χ2n) is 15.5. The van der Waals surface area contributed by atoms with Crippen LogP contribution in [-0.2, 0) is 38.4 Å². The standard InChI is InChI=1S/C43H48F2N10O13/c44-43(45)19-25(20-46)55(23-43)34(58)22-50-39(64)27-15-18-48-37-26(27)6-3-8-28(37)51-32(56)11-12-33(57)52-29(9-13-35(59)60)40(65)53-30(10-14-36(61)62)41(66)54-31(42(67)68)7-1-2-17-49-38(63)24-5-4-16-47-21-24/h3-6,8,15-16,18,21,25,29-31H,1-2,7,9-14,17,19,22-23H2,(H,49,63)(H,50,64)(H,51,56)(H,52,57)(H,53,65)(H,54,66)(H,59,60)(H,61,62)(H,67,68)/t25-,29-,30-,31-/m0/s1. The van der Waals surface area contributed by atoms with E-state index in [1.807, 2.05) is 0 Å². The maximum atomic E-state index is 13.8. The summed E-state index contributed by atoms with van der Waals surface area (Å²) in [7, 11) is 0. The minimum absolute atomic E-state index is 0.00604. The van der Waals surface area contributed by atoms with Crippen molar-refractivity contribution in [1.82, 2.24) is 41.5 Å². The number of carbonyl (C=O) groups is 10. The first-order valence-corrected chi connectivity index (χ1v) is 21.1. The number of pyridine rings is 2. The highest BCUT2D eigenvalue weighted by Crippen LogP contribution is 2.31. The van der Waals surface area contributed by atoms with Crippen LogP contribution < -0.4 is 31.9 Å². The third kappa shape index (κ3) is 16.1. The molecule has 0 spiro atoms. The largest absolute Gasteiger partial charge is 0.481 e. The minimum Gasteiger partial charge on any atom is -0.481 e. The van der Waals surface area contributed by atoms with E-state index >= 15 is 0 Å². The van der Waals surface area contributed by atoms with Crippen LogP contribution in [0.4, 0.5) is 14.5 Å².